The van der Waals surface area contributed by atoms with Crippen LogP contribution in [0.1, 0.15) is 42.7 Å². The van der Waals surface area contributed by atoms with Crippen molar-refractivity contribution in [3.63, 3.8) is 0 Å². The van der Waals surface area contributed by atoms with Crippen LogP contribution in [0.4, 0.5) is 0 Å². The average Bonchev–Trinajstić information content (AvgIpc) is 3.33. The number of benzene rings is 2. The highest BCUT2D eigenvalue weighted by Gasteiger charge is 2.32. The normalized spacial score (nSPS) is 20.3. The van der Waals surface area contributed by atoms with E-state index >= 15 is 0 Å². The van der Waals surface area contributed by atoms with Crippen LogP contribution < -0.4 is 5.32 Å². The third-order valence-electron chi connectivity index (χ3n) is 5.56. The molecule has 174 valence electrons. The molecule has 9 nitrogen and oxygen atoms in total. The first-order valence-corrected chi connectivity index (χ1v) is 12.2. The molecule has 1 amide bonds. The lowest BCUT2D eigenvalue weighted by atomic mass is 10.1. The highest BCUT2D eigenvalue weighted by atomic mass is 32.2. The smallest absolute Gasteiger partial charge is 0.251 e. The van der Waals surface area contributed by atoms with Gasteiger partial charge in [-0.05, 0) is 62.7 Å². The second kappa shape index (κ2) is 9.42. The number of sulfonamides is 1. The lowest BCUT2D eigenvalue weighted by molar-refractivity contribution is -0.0440. The van der Waals surface area contributed by atoms with Gasteiger partial charge in [0.15, 0.2) is 0 Å². The van der Waals surface area contributed by atoms with Crippen molar-refractivity contribution < 1.29 is 17.9 Å². The summed E-state index contributed by atoms with van der Waals surface area (Å²) in [5, 5.41) is 7.04. The number of carbonyl (C=O) groups excluding carboxylic acids is 1. The zero-order chi connectivity index (χ0) is 23.6. The summed E-state index contributed by atoms with van der Waals surface area (Å²) >= 11 is 0. The van der Waals surface area contributed by atoms with E-state index in [1.165, 1.54) is 34.9 Å². The first-order valence-electron chi connectivity index (χ1n) is 10.8. The molecule has 1 N–H and O–H groups in total. The van der Waals surface area contributed by atoms with Gasteiger partial charge in [-0.2, -0.15) is 9.40 Å². The fourth-order valence-electron chi connectivity index (χ4n) is 3.87. The van der Waals surface area contributed by atoms with Gasteiger partial charge >= 0.3 is 0 Å². The summed E-state index contributed by atoms with van der Waals surface area (Å²) in [6, 6.07) is 13.4. The summed E-state index contributed by atoms with van der Waals surface area (Å²) in [5.41, 5.74) is 2.20. The number of aromatic nitrogens is 3. The molecule has 1 aliphatic heterocycles. The van der Waals surface area contributed by atoms with Crippen LogP contribution in [0.5, 0.6) is 0 Å². The van der Waals surface area contributed by atoms with Crippen molar-refractivity contribution in [2.24, 2.45) is 0 Å². The molecule has 3 aromatic rings. The van der Waals surface area contributed by atoms with E-state index in [-0.39, 0.29) is 29.1 Å². The van der Waals surface area contributed by atoms with E-state index in [0.29, 0.717) is 18.7 Å². The number of nitrogens with one attached hydrogen (secondary N) is 1. The summed E-state index contributed by atoms with van der Waals surface area (Å²) in [6.07, 6.45) is 2.75. The SMILES string of the molecule is CC1CN(S(=O)(=O)c2ccc(C(=O)NC(C)c3ccc(-n4cncn4)cc3)cc2)CC(C)O1. The first-order chi connectivity index (χ1) is 15.7. The molecule has 1 fully saturated rings. The van der Waals surface area contributed by atoms with Crippen LogP contribution in [0.2, 0.25) is 0 Å². The maximum atomic E-state index is 13.0. The second-order valence-electron chi connectivity index (χ2n) is 8.23. The minimum atomic E-state index is -3.65. The molecule has 0 bridgehead atoms. The Balaban J connectivity index is 1.42. The van der Waals surface area contributed by atoms with Gasteiger partial charge in [-0.15, -0.1) is 0 Å². The van der Waals surface area contributed by atoms with Crippen LogP contribution in [0.3, 0.4) is 0 Å². The minimum Gasteiger partial charge on any atom is -0.373 e. The molecule has 2 heterocycles. The quantitative estimate of drug-likeness (QED) is 0.595. The number of rotatable bonds is 6. The van der Waals surface area contributed by atoms with Crippen molar-refractivity contribution in [1.82, 2.24) is 24.4 Å². The van der Waals surface area contributed by atoms with E-state index in [1.807, 2.05) is 45.0 Å². The van der Waals surface area contributed by atoms with Crippen molar-refractivity contribution in [3.05, 3.63) is 72.3 Å². The molecule has 33 heavy (non-hydrogen) atoms. The topological polar surface area (TPSA) is 106 Å². The van der Waals surface area contributed by atoms with Gasteiger partial charge < -0.3 is 10.1 Å². The molecule has 0 saturated carbocycles. The van der Waals surface area contributed by atoms with E-state index in [2.05, 4.69) is 15.4 Å². The molecule has 0 spiro atoms. The Kier molecular flexibility index (Phi) is 6.59. The molecular formula is C23H27N5O4S. The second-order valence-corrected chi connectivity index (χ2v) is 10.2. The summed E-state index contributed by atoms with van der Waals surface area (Å²) in [7, 11) is -3.65. The molecule has 0 aliphatic carbocycles. The van der Waals surface area contributed by atoms with Crippen LogP contribution >= 0.6 is 0 Å². The van der Waals surface area contributed by atoms with E-state index in [4.69, 9.17) is 4.74 Å². The number of carbonyl (C=O) groups is 1. The lowest BCUT2D eigenvalue weighted by Gasteiger charge is -2.34. The number of morpholine rings is 1. The Bertz CT molecular complexity index is 1180. The third kappa shape index (κ3) is 5.13. The van der Waals surface area contributed by atoms with Crippen molar-refractivity contribution in [1.29, 1.82) is 0 Å². The van der Waals surface area contributed by atoms with Crippen molar-refractivity contribution in [2.45, 2.75) is 43.9 Å². The molecule has 3 atom stereocenters. The van der Waals surface area contributed by atoms with Gasteiger partial charge in [-0.3, -0.25) is 4.79 Å². The van der Waals surface area contributed by atoms with E-state index in [1.54, 1.807) is 11.0 Å². The number of hydrogen-bond acceptors (Lipinski definition) is 6. The Labute approximate surface area is 193 Å². The van der Waals surface area contributed by atoms with Crippen LogP contribution in [0.15, 0.2) is 66.1 Å². The van der Waals surface area contributed by atoms with E-state index < -0.39 is 10.0 Å². The zero-order valence-electron chi connectivity index (χ0n) is 18.7. The molecule has 2 aromatic carbocycles. The van der Waals surface area contributed by atoms with Crippen LogP contribution in [0.25, 0.3) is 5.69 Å². The summed E-state index contributed by atoms with van der Waals surface area (Å²) in [5.74, 6) is -0.277. The Morgan fingerprint density at radius 1 is 1.06 bits per heavy atom. The summed E-state index contributed by atoms with van der Waals surface area (Å²) in [6.45, 7) is 6.22. The number of ether oxygens (including phenoxy) is 1. The minimum absolute atomic E-state index is 0.164. The van der Waals surface area contributed by atoms with Crippen molar-refractivity contribution in [2.75, 3.05) is 13.1 Å². The van der Waals surface area contributed by atoms with Crippen molar-refractivity contribution in [3.8, 4) is 5.69 Å². The zero-order valence-corrected chi connectivity index (χ0v) is 19.6. The van der Waals surface area contributed by atoms with Gasteiger partial charge in [-0.1, -0.05) is 12.1 Å². The molecular weight excluding hydrogens is 442 g/mol. The molecule has 1 aromatic heterocycles. The maximum Gasteiger partial charge on any atom is 0.251 e. The predicted molar refractivity (Wildman–Crippen MR) is 122 cm³/mol. The molecule has 3 unspecified atom stereocenters. The molecule has 10 heteroatoms. The predicted octanol–water partition coefficient (Wildman–Crippen LogP) is 2.56. The molecule has 1 saturated heterocycles. The Morgan fingerprint density at radius 3 is 2.27 bits per heavy atom. The van der Waals surface area contributed by atoms with E-state index in [9.17, 15) is 13.2 Å². The van der Waals surface area contributed by atoms with Gasteiger partial charge in [0.05, 0.1) is 28.8 Å². The summed E-state index contributed by atoms with van der Waals surface area (Å²) in [4.78, 5) is 16.8. The average molecular weight is 470 g/mol. The van der Waals surface area contributed by atoms with Crippen LogP contribution in [0, 0.1) is 0 Å². The van der Waals surface area contributed by atoms with Crippen LogP contribution in [-0.4, -0.2) is 58.7 Å². The van der Waals surface area contributed by atoms with E-state index in [0.717, 1.165) is 11.3 Å². The Morgan fingerprint density at radius 2 is 1.70 bits per heavy atom. The number of hydrogen-bond donors (Lipinski definition) is 1. The van der Waals surface area contributed by atoms with Gasteiger partial charge in [0, 0.05) is 18.7 Å². The Hall–Kier alpha value is -3.08. The standard InChI is InChI=1S/C23H27N5O4S/c1-16-12-27(13-17(2)32-16)33(30,31)22-10-6-20(7-11-22)23(29)26-18(3)19-4-8-21(9-5-19)28-15-24-14-25-28/h4-11,14-18H,12-13H2,1-3H3,(H,26,29). The maximum absolute atomic E-state index is 13.0. The fraction of sp³-hybridized carbons (Fsp3) is 0.348. The number of nitrogens with zero attached hydrogens (tertiary/aromatic N) is 4. The van der Waals surface area contributed by atoms with Crippen LogP contribution in [-0.2, 0) is 14.8 Å². The lowest BCUT2D eigenvalue weighted by Crippen LogP contribution is -2.48. The highest BCUT2D eigenvalue weighted by Crippen LogP contribution is 2.22. The van der Waals surface area contributed by atoms with Gasteiger partial charge in [0.2, 0.25) is 10.0 Å². The number of amides is 1. The highest BCUT2D eigenvalue weighted by molar-refractivity contribution is 7.89. The molecule has 1 aliphatic rings. The third-order valence-corrected chi connectivity index (χ3v) is 7.41. The first kappa shape index (κ1) is 23.1. The monoisotopic (exact) mass is 469 g/mol. The van der Waals surface area contributed by atoms with Crippen molar-refractivity contribution >= 4 is 15.9 Å². The fourth-order valence-corrected chi connectivity index (χ4v) is 5.47. The largest absolute Gasteiger partial charge is 0.373 e. The van der Waals surface area contributed by atoms with Gasteiger partial charge in [0.1, 0.15) is 12.7 Å². The van der Waals surface area contributed by atoms with Gasteiger partial charge in [0.25, 0.3) is 5.91 Å². The summed E-state index contributed by atoms with van der Waals surface area (Å²) < 4.78 is 34.7. The molecule has 4 rings (SSSR count). The van der Waals surface area contributed by atoms with Gasteiger partial charge in [-0.25, -0.2) is 18.1 Å². The molecule has 0 radical (unpaired) electrons.